The maximum absolute atomic E-state index is 12.5. The quantitative estimate of drug-likeness (QED) is 0.650. The molecular weight excluding hydrogens is 322 g/mol. The first kappa shape index (κ1) is 16.5. The molecule has 22 heavy (non-hydrogen) atoms. The molecule has 1 aromatic carbocycles. The lowest BCUT2D eigenvalue weighted by Crippen LogP contribution is -2.47. The van der Waals surface area contributed by atoms with Crippen molar-refractivity contribution in [3.63, 3.8) is 0 Å². The Bertz CT molecular complexity index is 669. The number of thiocarbonyl (C=S) groups is 1. The summed E-state index contributed by atoms with van der Waals surface area (Å²) in [6.07, 6.45) is 1.52. The van der Waals surface area contributed by atoms with E-state index in [0.29, 0.717) is 10.5 Å². The Morgan fingerprint density at radius 1 is 1.36 bits per heavy atom. The van der Waals surface area contributed by atoms with E-state index in [9.17, 15) is 19.8 Å². The van der Waals surface area contributed by atoms with E-state index in [1.807, 2.05) is 0 Å². The summed E-state index contributed by atoms with van der Waals surface area (Å²) in [5.41, 5.74) is 0.486. The van der Waals surface area contributed by atoms with Crippen molar-refractivity contribution in [1.82, 2.24) is 4.90 Å². The molecule has 2 N–H and O–H groups in total. The third kappa shape index (κ3) is 3.15. The number of rotatable bonds is 4. The fourth-order valence-corrected chi connectivity index (χ4v) is 3.48. The van der Waals surface area contributed by atoms with E-state index in [1.54, 1.807) is 32.0 Å². The Kier molecular flexibility index (Phi) is 4.87. The van der Waals surface area contributed by atoms with Gasteiger partial charge in [0, 0.05) is 5.56 Å². The van der Waals surface area contributed by atoms with E-state index in [2.05, 4.69) is 0 Å². The second kappa shape index (κ2) is 6.50. The fraction of sp³-hybridized carbons (Fsp3) is 0.267. The Morgan fingerprint density at radius 2 is 2.00 bits per heavy atom. The first-order valence-corrected chi connectivity index (χ1v) is 7.83. The molecule has 0 bridgehead atoms. The van der Waals surface area contributed by atoms with Crippen molar-refractivity contribution in [2.45, 2.75) is 19.9 Å². The molecule has 0 aliphatic carbocycles. The topological polar surface area (TPSA) is 77.8 Å². The molecule has 0 spiro atoms. The van der Waals surface area contributed by atoms with Crippen LogP contribution in [0, 0.1) is 5.92 Å². The number of aliphatic carboxylic acids is 1. The third-order valence-corrected chi connectivity index (χ3v) is 4.54. The summed E-state index contributed by atoms with van der Waals surface area (Å²) in [5.74, 6) is -1.76. The minimum Gasteiger partial charge on any atom is -0.507 e. The molecule has 0 aromatic heterocycles. The molecular formula is C15H15NO4S2. The smallest absolute Gasteiger partial charge is 0.327 e. The number of phenols is 1. The number of benzene rings is 1. The lowest BCUT2D eigenvalue weighted by Gasteiger charge is -2.26. The summed E-state index contributed by atoms with van der Waals surface area (Å²) < 4.78 is 0.216. The molecule has 0 saturated carbocycles. The van der Waals surface area contributed by atoms with E-state index in [4.69, 9.17) is 12.2 Å². The highest BCUT2D eigenvalue weighted by Gasteiger charge is 2.41. The van der Waals surface area contributed by atoms with Gasteiger partial charge in [0.2, 0.25) is 0 Å². The van der Waals surface area contributed by atoms with Crippen LogP contribution in [0.5, 0.6) is 5.75 Å². The van der Waals surface area contributed by atoms with Crippen molar-refractivity contribution in [3.05, 3.63) is 34.7 Å². The summed E-state index contributed by atoms with van der Waals surface area (Å²) in [4.78, 5) is 25.3. The van der Waals surface area contributed by atoms with Crippen molar-refractivity contribution < 1.29 is 19.8 Å². The second-order valence-corrected chi connectivity index (χ2v) is 6.81. The molecule has 1 aromatic rings. The predicted molar refractivity (Wildman–Crippen MR) is 89.4 cm³/mol. The lowest BCUT2D eigenvalue weighted by atomic mass is 10.0. The van der Waals surface area contributed by atoms with E-state index in [0.717, 1.165) is 16.7 Å². The molecule has 0 radical (unpaired) electrons. The SMILES string of the molecule is CC(C)C(C(=O)O)N1C(=O)/C(=C\c2ccccc2O)SC1=S. The van der Waals surface area contributed by atoms with Crippen LogP contribution in [0.15, 0.2) is 29.2 Å². The van der Waals surface area contributed by atoms with Crippen LogP contribution in [-0.4, -0.2) is 37.4 Å². The van der Waals surface area contributed by atoms with Gasteiger partial charge in [-0.05, 0) is 18.1 Å². The summed E-state index contributed by atoms with van der Waals surface area (Å²) in [7, 11) is 0. The van der Waals surface area contributed by atoms with Gasteiger partial charge in [-0.15, -0.1) is 0 Å². The number of hydrogen-bond acceptors (Lipinski definition) is 5. The largest absolute Gasteiger partial charge is 0.507 e. The van der Waals surface area contributed by atoms with Gasteiger partial charge in [-0.2, -0.15) is 0 Å². The van der Waals surface area contributed by atoms with Crippen molar-refractivity contribution >= 4 is 46.3 Å². The Balaban J connectivity index is 2.37. The van der Waals surface area contributed by atoms with Crippen LogP contribution in [-0.2, 0) is 9.59 Å². The number of nitrogens with zero attached hydrogens (tertiary/aromatic N) is 1. The molecule has 1 aliphatic heterocycles. The van der Waals surface area contributed by atoms with Crippen LogP contribution in [0.3, 0.4) is 0 Å². The third-order valence-electron chi connectivity index (χ3n) is 3.21. The minimum atomic E-state index is -1.09. The summed E-state index contributed by atoms with van der Waals surface area (Å²) >= 11 is 6.20. The van der Waals surface area contributed by atoms with Crippen LogP contribution in [0.2, 0.25) is 0 Å². The van der Waals surface area contributed by atoms with Crippen LogP contribution >= 0.6 is 24.0 Å². The molecule has 5 nitrogen and oxygen atoms in total. The van der Waals surface area contributed by atoms with E-state index < -0.39 is 17.9 Å². The summed E-state index contributed by atoms with van der Waals surface area (Å²) in [6, 6.07) is 5.60. The Hall–Kier alpha value is -1.86. The van der Waals surface area contributed by atoms with Gasteiger partial charge in [-0.3, -0.25) is 9.69 Å². The highest BCUT2D eigenvalue weighted by Crippen LogP contribution is 2.36. The predicted octanol–water partition coefficient (Wildman–Crippen LogP) is 2.70. The second-order valence-electron chi connectivity index (χ2n) is 5.14. The van der Waals surface area contributed by atoms with Gasteiger partial charge in [-0.25, -0.2) is 4.79 Å². The number of phenolic OH excluding ortho intramolecular Hbond substituents is 1. The van der Waals surface area contributed by atoms with E-state index >= 15 is 0 Å². The van der Waals surface area contributed by atoms with Crippen LogP contribution in [0.25, 0.3) is 6.08 Å². The van der Waals surface area contributed by atoms with Crippen molar-refractivity contribution in [3.8, 4) is 5.75 Å². The molecule has 7 heteroatoms. The van der Waals surface area contributed by atoms with Gasteiger partial charge < -0.3 is 10.2 Å². The van der Waals surface area contributed by atoms with Crippen LogP contribution in [0.4, 0.5) is 0 Å². The molecule has 116 valence electrons. The lowest BCUT2D eigenvalue weighted by molar-refractivity contribution is -0.146. The average Bonchev–Trinajstić information content (AvgIpc) is 2.69. The zero-order valence-electron chi connectivity index (χ0n) is 12.0. The number of amides is 1. The molecule has 2 rings (SSSR count). The van der Waals surface area contributed by atoms with Gasteiger partial charge >= 0.3 is 5.97 Å². The molecule has 1 heterocycles. The molecule has 1 aliphatic rings. The normalized spacial score (nSPS) is 18.3. The summed E-state index contributed by atoms with van der Waals surface area (Å²) in [6.45, 7) is 3.45. The maximum atomic E-state index is 12.5. The number of carbonyl (C=O) groups excluding carboxylic acids is 1. The zero-order valence-corrected chi connectivity index (χ0v) is 13.6. The van der Waals surface area contributed by atoms with Gasteiger partial charge in [0.1, 0.15) is 16.1 Å². The van der Waals surface area contributed by atoms with Crippen LogP contribution in [0.1, 0.15) is 19.4 Å². The monoisotopic (exact) mass is 337 g/mol. The number of hydrogen-bond donors (Lipinski definition) is 2. The Morgan fingerprint density at radius 3 is 2.55 bits per heavy atom. The number of thioether (sulfide) groups is 1. The van der Waals surface area contributed by atoms with E-state index in [1.165, 1.54) is 12.1 Å². The van der Waals surface area contributed by atoms with Crippen molar-refractivity contribution in [2.75, 3.05) is 0 Å². The molecule has 1 saturated heterocycles. The standard InChI is InChI=1S/C15H15NO4S2/c1-8(2)12(14(19)20)16-13(18)11(22-15(16)21)7-9-5-3-4-6-10(9)17/h3-8,12,17H,1-2H3,(H,19,20)/b11-7+. The van der Waals surface area contributed by atoms with Gasteiger partial charge in [-0.1, -0.05) is 56.0 Å². The summed E-state index contributed by atoms with van der Waals surface area (Å²) in [5, 5.41) is 19.1. The van der Waals surface area contributed by atoms with Gasteiger partial charge in [0.15, 0.2) is 0 Å². The molecule has 1 unspecified atom stereocenters. The zero-order chi connectivity index (χ0) is 16.4. The minimum absolute atomic E-state index is 0.0476. The van der Waals surface area contributed by atoms with E-state index in [-0.39, 0.29) is 16.0 Å². The highest BCUT2D eigenvalue weighted by molar-refractivity contribution is 8.26. The average molecular weight is 337 g/mol. The Labute approximate surface area is 137 Å². The van der Waals surface area contributed by atoms with Crippen LogP contribution < -0.4 is 0 Å². The molecule has 1 fully saturated rings. The number of carboxylic acids is 1. The highest BCUT2D eigenvalue weighted by atomic mass is 32.2. The number of carboxylic acid groups (broad SMARTS) is 1. The molecule has 1 amide bonds. The first-order valence-electron chi connectivity index (χ1n) is 6.60. The van der Waals surface area contributed by atoms with Crippen molar-refractivity contribution in [2.24, 2.45) is 5.92 Å². The first-order chi connectivity index (χ1) is 10.3. The number of aromatic hydroxyl groups is 1. The van der Waals surface area contributed by atoms with Crippen molar-refractivity contribution in [1.29, 1.82) is 0 Å². The number of para-hydroxylation sites is 1. The molecule has 1 atom stereocenters. The van der Waals surface area contributed by atoms with Gasteiger partial charge in [0.25, 0.3) is 5.91 Å². The van der Waals surface area contributed by atoms with Gasteiger partial charge in [0.05, 0.1) is 4.91 Å². The fourth-order valence-electron chi connectivity index (χ4n) is 2.16. The maximum Gasteiger partial charge on any atom is 0.327 e. The number of carbonyl (C=O) groups is 2.